The van der Waals surface area contributed by atoms with Crippen molar-refractivity contribution in [1.82, 2.24) is 19.5 Å². The zero-order chi connectivity index (χ0) is 41.4. The number of benzene rings is 8. The van der Waals surface area contributed by atoms with Gasteiger partial charge in [-0.2, -0.15) is 0 Å². The van der Waals surface area contributed by atoms with Crippen molar-refractivity contribution in [3.8, 4) is 61.6 Å². The first kappa shape index (κ1) is 35.4. The van der Waals surface area contributed by atoms with E-state index in [0.717, 1.165) is 66.5 Å². The summed E-state index contributed by atoms with van der Waals surface area (Å²) in [5, 5.41) is 4.59. The van der Waals surface area contributed by atoms with E-state index in [1.165, 1.54) is 49.7 Å². The highest BCUT2D eigenvalue weighted by atomic mass is 16.3. The Morgan fingerprint density at radius 3 is 1.75 bits per heavy atom. The van der Waals surface area contributed by atoms with Gasteiger partial charge in [-0.25, -0.2) is 9.97 Å². The topological polar surface area (TPSA) is 56.7 Å². The van der Waals surface area contributed by atoms with Crippen LogP contribution in [0.4, 0.5) is 0 Å². The maximum absolute atomic E-state index is 6.45. The molecule has 0 radical (unpaired) electrons. The summed E-state index contributed by atoms with van der Waals surface area (Å²) >= 11 is 0. The third-order valence-electron chi connectivity index (χ3n) is 12.9. The number of fused-ring (bicyclic) bond motifs is 9. The summed E-state index contributed by atoms with van der Waals surface area (Å²) < 4.78 is 8.83. The van der Waals surface area contributed by atoms with Crippen LogP contribution in [-0.4, -0.2) is 19.5 Å². The van der Waals surface area contributed by atoms with Crippen molar-refractivity contribution in [3.63, 3.8) is 0 Å². The lowest BCUT2D eigenvalue weighted by Crippen LogP contribution is -1.99. The number of rotatable bonds is 6. The molecule has 4 aromatic heterocycles. The fourth-order valence-electron chi connectivity index (χ4n) is 9.97. The van der Waals surface area contributed by atoms with Crippen LogP contribution in [0, 0.1) is 0 Å². The second-order valence-corrected chi connectivity index (χ2v) is 16.4. The van der Waals surface area contributed by atoms with Gasteiger partial charge in [-0.15, -0.1) is 0 Å². The molecule has 294 valence electrons. The fraction of sp³-hybridized carbons (Fsp3) is 0.0172. The van der Waals surface area contributed by atoms with Gasteiger partial charge in [-0.1, -0.05) is 121 Å². The Morgan fingerprint density at radius 1 is 0.397 bits per heavy atom. The Labute approximate surface area is 363 Å². The maximum atomic E-state index is 6.45. The van der Waals surface area contributed by atoms with Crippen molar-refractivity contribution in [3.05, 3.63) is 230 Å². The highest BCUT2D eigenvalue weighted by molar-refractivity contribution is 6.11. The lowest BCUT2D eigenvalue weighted by molar-refractivity contribution is 0.669. The summed E-state index contributed by atoms with van der Waals surface area (Å²) in [6.45, 7) is 0. The molecule has 5 nitrogen and oxygen atoms in total. The summed E-state index contributed by atoms with van der Waals surface area (Å²) in [4.78, 5) is 13.5. The molecule has 12 aromatic rings. The molecule has 0 saturated carbocycles. The van der Waals surface area contributed by atoms with Crippen LogP contribution in [0.25, 0.3) is 105 Å². The Bertz CT molecular complexity index is 3720. The van der Waals surface area contributed by atoms with Crippen molar-refractivity contribution in [2.24, 2.45) is 0 Å². The van der Waals surface area contributed by atoms with E-state index in [0.29, 0.717) is 5.82 Å². The van der Waals surface area contributed by atoms with Gasteiger partial charge in [0.25, 0.3) is 0 Å². The normalized spacial score (nSPS) is 12.4. The van der Waals surface area contributed by atoms with E-state index in [2.05, 4.69) is 202 Å². The first-order chi connectivity index (χ1) is 31.2. The van der Waals surface area contributed by atoms with Gasteiger partial charge in [0.1, 0.15) is 11.2 Å². The summed E-state index contributed by atoms with van der Waals surface area (Å²) in [5.41, 5.74) is 19.5. The highest BCUT2D eigenvalue weighted by Crippen LogP contribution is 2.48. The minimum absolute atomic E-state index is 0.200. The van der Waals surface area contributed by atoms with Crippen LogP contribution < -0.4 is 0 Å². The van der Waals surface area contributed by atoms with Gasteiger partial charge in [-0.3, -0.25) is 4.98 Å². The molecule has 0 unspecified atom stereocenters. The van der Waals surface area contributed by atoms with Gasteiger partial charge < -0.3 is 8.98 Å². The smallest absolute Gasteiger partial charge is 0.160 e. The first-order valence-corrected chi connectivity index (χ1v) is 21.3. The molecule has 13 rings (SSSR count). The number of pyridine rings is 1. The molecule has 0 N–H and O–H groups in total. The molecule has 1 aliphatic carbocycles. The molecule has 8 aromatic carbocycles. The largest absolute Gasteiger partial charge is 0.456 e. The van der Waals surface area contributed by atoms with Crippen LogP contribution in [0.1, 0.15) is 22.6 Å². The van der Waals surface area contributed by atoms with E-state index >= 15 is 0 Å². The highest BCUT2D eigenvalue weighted by Gasteiger charge is 2.29. The lowest BCUT2D eigenvalue weighted by Gasteiger charge is -2.16. The predicted octanol–water partition coefficient (Wildman–Crippen LogP) is 14.7. The van der Waals surface area contributed by atoms with Gasteiger partial charge in [0.15, 0.2) is 5.82 Å². The first-order valence-electron chi connectivity index (χ1n) is 21.3. The number of para-hydroxylation sites is 1. The molecular weight excluding hydrogens is 769 g/mol. The van der Waals surface area contributed by atoms with E-state index in [4.69, 9.17) is 4.42 Å². The number of nitrogens with zero attached hydrogens (tertiary/aromatic N) is 4. The van der Waals surface area contributed by atoms with Crippen LogP contribution >= 0.6 is 0 Å². The summed E-state index contributed by atoms with van der Waals surface area (Å²) in [6.07, 6.45) is 7.24. The molecule has 0 saturated heterocycles. The fourth-order valence-corrected chi connectivity index (χ4v) is 9.97. The van der Waals surface area contributed by atoms with E-state index in [9.17, 15) is 0 Å². The average molecular weight is 805 g/mol. The van der Waals surface area contributed by atoms with Crippen molar-refractivity contribution < 1.29 is 4.42 Å². The quantitative estimate of drug-likeness (QED) is 0.168. The lowest BCUT2D eigenvalue weighted by atomic mass is 9.87. The molecule has 4 heterocycles. The Balaban J connectivity index is 0.871. The minimum Gasteiger partial charge on any atom is -0.456 e. The average Bonchev–Trinajstić information content (AvgIpc) is 4.01. The van der Waals surface area contributed by atoms with E-state index in [1.54, 1.807) is 12.4 Å². The van der Waals surface area contributed by atoms with Gasteiger partial charge in [0.05, 0.1) is 11.0 Å². The van der Waals surface area contributed by atoms with Crippen LogP contribution in [0.2, 0.25) is 0 Å². The van der Waals surface area contributed by atoms with Gasteiger partial charge in [0, 0.05) is 69.1 Å². The maximum Gasteiger partial charge on any atom is 0.160 e. The molecule has 63 heavy (non-hydrogen) atoms. The van der Waals surface area contributed by atoms with Gasteiger partial charge in [-0.05, 0) is 122 Å². The summed E-state index contributed by atoms with van der Waals surface area (Å²) in [7, 11) is 0. The van der Waals surface area contributed by atoms with E-state index in [-0.39, 0.29) is 5.92 Å². The van der Waals surface area contributed by atoms with Crippen LogP contribution in [0.15, 0.2) is 217 Å². The Kier molecular flexibility index (Phi) is 7.90. The van der Waals surface area contributed by atoms with Crippen molar-refractivity contribution in [2.75, 3.05) is 0 Å². The zero-order valence-corrected chi connectivity index (χ0v) is 34.0. The third-order valence-corrected chi connectivity index (χ3v) is 12.9. The molecule has 1 aliphatic rings. The van der Waals surface area contributed by atoms with Crippen molar-refractivity contribution >= 4 is 43.7 Å². The number of hydrogen-bond acceptors (Lipinski definition) is 4. The molecule has 0 amide bonds. The molecule has 0 bridgehead atoms. The monoisotopic (exact) mass is 804 g/mol. The SMILES string of the molecule is c1cnc(-c2cncc(-c3ccc4c(c3)c3ccccc3n4-c3cccc(-c4ccc5oc6ccc(-c7cccc(C8c9ccccc9-c9ccccc98)c7)cc6c5c4)c3)c2)nc1. The second kappa shape index (κ2) is 14.1. The standard InChI is InChI=1S/C58H36N4O/c1-3-17-48-45(14-1)46-15-2-4-18-49(46)57(48)41-12-7-10-36(28-41)38-21-24-55-51(32-38)52-33-39(22-25-56(52)63-55)37-11-8-13-44(30-37)62-53-19-6-5-16-47(53)50-31-40(20-23-54(50)62)42-29-43(35-59-34-42)58-60-26-9-27-61-58/h1-35,57H. The third kappa shape index (κ3) is 5.74. The molecular formula is C58H36N4O. The number of hydrogen-bond donors (Lipinski definition) is 0. The zero-order valence-electron chi connectivity index (χ0n) is 34.0. The van der Waals surface area contributed by atoms with Crippen LogP contribution in [0.5, 0.6) is 0 Å². The second-order valence-electron chi connectivity index (χ2n) is 16.4. The van der Waals surface area contributed by atoms with Crippen molar-refractivity contribution in [1.29, 1.82) is 0 Å². The van der Waals surface area contributed by atoms with Crippen LogP contribution in [-0.2, 0) is 0 Å². The molecule has 5 heteroatoms. The number of furan rings is 1. The Hall–Kier alpha value is -8.41. The Morgan fingerprint density at radius 2 is 0.984 bits per heavy atom. The molecule has 0 atom stereocenters. The van der Waals surface area contributed by atoms with E-state index in [1.807, 2.05) is 18.5 Å². The molecule has 0 aliphatic heterocycles. The predicted molar refractivity (Wildman–Crippen MR) is 256 cm³/mol. The minimum atomic E-state index is 0.200. The summed E-state index contributed by atoms with van der Waals surface area (Å²) in [5.74, 6) is 0.860. The van der Waals surface area contributed by atoms with Crippen molar-refractivity contribution in [2.45, 2.75) is 5.92 Å². The number of aromatic nitrogens is 4. The summed E-state index contributed by atoms with van der Waals surface area (Å²) in [6, 6.07) is 68.1. The van der Waals surface area contributed by atoms with Gasteiger partial charge >= 0.3 is 0 Å². The molecule has 0 fully saturated rings. The van der Waals surface area contributed by atoms with Crippen LogP contribution in [0.3, 0.4) is 0 Å². The van der Waals surface area contributed by atoms with E-state index < -0.39 is 0 Å². The molecule has 0 spiro atoms. The van der Waals surface area contributed by atoms with Gasteiger partial charge in [0.2, 0.25) is 0 Å².